The molecule has 5 heteroatoms. The molecule has 1 aromatic rings. The molecule has 0 radical (unpaired) electrons. The Morgan fingerprint density at radius 1 is 1.47 bits per heavy atom. The summed E-state index contributed by atoms with van der Waals surface area (Å²) < 4.78 is 0. The monoisotopic (exact) mass is 259 g/mol. The Morgan fingerprint density at radius 2 is 2.32 bits per heavy atom. The van der Waals surface area contributed by atoms with Gasteiger partial charge in [0, 0.05) is 18.2 Å². The zero-order valence-corrected chi connectivity index (χ0v) is 10.6. The molecule has 2 rings (SSSR count). The number of hydrogen-bond acceptors (Lipinski definition) is 3. The van der Waals surface area contributed by atoms with Crippen molar-refractivity contribution in [2.75, 3.05) is 11.9 Å². The number of aliphatic hydroxyl groups is 1. The molecular formula is C14H17N3O2. The first-order chi connectivity index (χ1) is 9.19. The molecule has 1 fully saturated rings. The van der Waals surface area contributed by atoms with E-state index in [0.717, 1.165) is 19.3 Å². The van der Waals surface area contributed by atoms with E-state index in [1.165, 1.54) is 0 Å². The largest absolute Gasteiger partial charge is 0.393 e. The van der Waals surface area contributed by atoms with Gasteiger partial charge in [-0.3, -0.25) is 0 Å². The van der Waals surface area contributed by atoms with E-state index in [-0.39, 0.29) is 18.1 Å². The molecule has 0 bridgehead atoms. The second-order valence-electron chi connectivity index (χ2n) is 4.79. The lowest BCUT2D eigenvalue weighted by molar-refractivity contribution is 0.133. The molecule has 19 heavy (non-hydrogen) atoms. The third-order valence-corrected chi connectivity index (χ3v) is 3.39. The number of nitrogens with one attached hydrogen (secondary N) is 2. The van der Waals surface area contributed by atoms with E-state index in [9.17, 15) is 9.90 Å². The number of nitriles is 1. The number of rotatable bonds is 3. The van der Waals surface area contributed by atoms with Crippen LogP contribution in [0.4, 0.5) is 10.5 Å². The van der Waals surface area contributed by atoms with E-state index in [2.05, 4.69) is 10.6 Å². The van der Waals surface area contributed by atoms with E-state index in [0.29, 0.717) is 17.8 Å². The van der Waals surface area contributed by atoms with Crippen LogP contribution in [-0.2, 0) is 0 Å². The second kappa shape index (κ2) is 6.21. The van der Waals surface area contributed by atoms with Gasteiger partial charge in [0.2, 0.25) is 0 Å². The average molecular weight is 259 g/mol. The van der Waals surface area contributed by atoms with Gasteiger partial charge in [-0.1, -0.05) is 12.5 Å². The lowest BCUT2D eigenvalue weighted by Crippen LogP contribution is -2.35. The molecular weight excluding hydrogens is 242 g/mol. The van der Waals surface area contributed by atoms with Crippen LogP contribution in [0.5, 0.6) is 0 Å². The highest BCUT2D eigenvalue weighted by molar-refractivity contribution is 5.89. The summed E-state index contributed by atoms with van der Waals surface area (Å²) in [4.78, 5) is 11.7. The summed E-state index contributed by atoms with van der Waals surface area (Å²) in [5, 5.41) is 23.8. The maximum Gasteiger partial charge on any atom is 0.319 e. The number of nitrogens with zero attached hydrogens (tertiary/aromatic N) is 1. The summed E-state index contributed by atoms with van der Waals surface area (Å²) in [5.41, 5.74) is 1.09. The van der Waals surface area contributed by atoms with Crippen molar-refractivity contribution < 1.29 is 9.90 Å². The van der Waals surface area contributed by atoms with Crippen LogP contribution in [-0.4, -0.2) is 23.8 Å². The molecule has 0 aromatic heterocycles. The van der Waals surface area contributed by atoms with Crippen LogP contribution in [0.3, 0.4) is 0 Å². The molecule has 1 aromatic carbocycles. The number of urea groups is 1. The second-order valence-corrected chi connectivity index (χ2v) is 4.79. The molecule has 0 aliphatic heterocycles. The fourth-order valence-electron chi connectivity index (χ4n) is 2.32. The number of carbonyl (C=O) groups is 1. The first-order valence-corrected chi connectivity index (χ1v) is 6.42. The fourth-order valence-corrected chi connectivity index (χ4v) is 2.32. The lowest BCUT2D eigenvalue weighted by Gasteiger charge is -2.15. The van der Waals surface area contributed by atoms with Crippen LogP contribution in [0.1, 0.15) is 24.8 Å². The number of benzene rings is 1. The summed E-state index contributed by atoms with van der Waals surface area (Å²) in [7, 11) is 0. The Kier molecular flexibility index (Phi) is 4.37. The lowest BCUT2D eigenvalue weighted by atomic mass is 10.1. The van der Waals surface area contributed by atoms with Gasteiger partial charge >= 0.3 is 6.03 Å². The average Bonchev–Trinajstić information content (AvgIpc) is 2.82. The van der Waals surface area contributed by atoms with E-state index in [1.807, 2.05) is 6.07 Å². The SMILES string of the molecule is N#Cc1cccc(NC(=O)NCC2CCCC2O)c1. The quantitative estimate of drug-likeness (QED) is 0.774. The predicted octanol–water partition coefficient (Wildman–Crippen LogP) is 1.84. The summed E-state index contributed by atoms with van der Waals surface area (Å²) in [6.45, 7) is 0.477. The first kappa shape index (κ1) is 13.4. The maximum atomic E-state index is 11.7. The van der Waals surface area contributed by atoms with Crippen molar-refractivity contribution in [2.24, 2.45) is 5.92 Å². The highest BCUT2D eigenvalue weighted by Gasteiger charge is 2.25. The summed E-state index contributed by atoms with van der Waals surface area (Å²) in [5.74, 6) is 0.149. The molecule has 0 heterocycles. The molecule has 100 valence electrons. The predicted molar refractivity (Wildman–Crippen MR) is 71.5 cm³/mol. The Morgan fingerprint density at radius 3 is 3.00 bits per heavy atom. The van der Waals surface area contributed by atoms with Crippen LogP contribution < -0.4 is 10.6 Å². The normalized spacial score (nSPS) is 21.7. The smallest absolute Gasteiger partial charge is 0.319 e. The van der Waals surface area contributed by atoms with Crippen LogP contribution >= 0.6 is 0 Å². The van der Waals surface area contributed by atoms with Crippen molar-refractivity contribution in [3.05, 3.63) is 29.8 Å². The molecule has 1 aliphatic rings. The van der Waals surface area contributed by atoms with E-state index >= 15 is 0 Å². The van der Waals surface area contributed by atoms with Gasteiger partial charge in [-0.15, -0.1) is 0 Å². The number of carbonyl (C=O) groups excluding carboxylic acids is 1. The van der Waals surface area contributed by atoms with Gasteiger partial charge in [0.05, 0.1) is 17.7 Å². The molecule has 2 atom stereocenters. The molecule has 0 saturated heterocycles. The van der Waals surface area contributed by atoms with Crippen molar-refractivity contribution in [2.45, 2.75) is 25.4 Å². The van der Waals surface area contributed by atoms with Gasteiger partial charge in [-0.05, 0) is 31.0 Å². The molecule has 3 N–H and O–H groups in total. The zero-order valence-electron chi connectivity index (χ0n) is 10.6. The van der Waals surface area contributed by atoms with Crippen LogP contribution in [0.2, 0.25) is 0 Å². The third-order valence-electron chi connectivity index (χ3n) is 3.39. The van der Waals surface area contributed by atoms with E-state index in [1.54, 1.807) is 24.3 Å². The Hall–Kier alpha value is -2.06. The summed E-state index contributed by atoms with van der Waals surface area (Å²) >= 11 is 0. The minimum absolute atomic E-state index is 0.149. The van der Waals surface area contributed by atoms with Gasteiger partial charge in [-0.2, -0.15) is 5.26 Å². The van der Waals surface area contributed by atoms with Crippen LogP contribution in [0.15, 0.2) is 24.3 Å². The van der Waals surface area contributed by atoms with Gasteiger partial charge in [0.15, 0.2) is 0 Å². The number of anilines is 1. The molecule has 5 nitrogen and oxygen atoms in total. The number of amides is 2. The van der Waals surface area contributed by atoms with Crippen molar-refractivity contribution in [3.8, 4) is 6.07 Å². The molecule has 2 unspecified atom stereocenters. The molecule has 1 saturated carbocycles. The Labute approximate surface area is 112 Å². The van der Waals surface area contributed by atoms with Crippen LogP contribution in [0.25, 0.3) is 0 Å². The molecule has 0 spiro atoms. The molecule has 1 aliphatic carbocycles. The zero-order chi connectivity index (χ0) is 13.7. The van der Waals surface area contributed by atoms with Crippen LogP contribution in [0, 0.1) is 17.2 Å². The third kappa shape index (κ3) is 3.70. The van der Waals surface area contributed by atoms with Crippen molar-refractivity contribution in [3.63, 3.8) is 0 Å². The molecule has 2 amide bonds. The highest BCUT2D eigenvalue weighted by Crippen LogP contribution is 2.24. The number of hydrogen-bond donors (Lipinski definition) is 3. The summed E-state index contributed by atoms with van der Waals surface area (Å²) in [6, 6.07) is 8.45. The minimum Gasteiger partial charge on any atom is -0.393 e. The van der Waals surface area contributed by atoms with Crippen molar-refractivity contribution >= 4 is 11.7 Å². The standard InChI is InChI=1S/C14H17N3O2/c15-8-10-3-1-5-12(7-10)17-14(19)16-9-11-4-2-6-13(11)18/h1,3,5,7,11,13,18H,2,4,6,9H2,(H2,16,17,19). The Bertz CT molecular complexity index is 496. The first-order valence-electron chi connectivity index (χ1n) is 6.42. The fraction of sp³-hybridized carbons (Fsp3) is 0.429. The van der Waals surface area contributed by atoms with Gasteiger partial charge in [0.25, 0.3) is 0 Å². The van der Waals surface area contributed by atoms with Crippen molar-refractivity contribution in [1.29, 1.82) is 5.26 Å². The number of aliphatic hydroxyl groups excluding tert-OH is 1. The minimum atomic E-state index is -0.311. The maximum absolute atomic E-state index is 11.7. The van der Waals surface area contributed by atoms with Gasteiger partial charge in [-0.25, -0.2) is 4.79 Å². The van der Waals surface area contributed by atoms with Gasteiger partial charge < -0.3 is 15.7 Å². The van der Waals surface area contributed by atoms with E-state index < -0.39 is 0 Å². The van der Waals surface area contributed by atoms with Gasteiger partial charge in [0.1, 0.15) is 0 Å². The van der Waals surface area contributed by atoms with Crippen molar-refractivity contribution in [1.82, 2.24) is 5.32 Å². The Balaban J connectivity index is 1.82. The highest BCUT2D eigenvalue weighted by atomic mass is 16.3. The summed E-state index contributed by atoms with van der Waals surface area (Å²) in [6.07, 6.45) is 2.48. The topological polar surface area (TPSA) is 85.2 Å². The van der Waals surface area contributed by atoms with E-state index in [4.69, 9.17) is 5.26 Å².